The standard InChI is InChI=1S/C13H15N3O8/c1-14-11(19)22-7-4-6(10(17)18)5-8(23-12(20)15-2)9(7)24-13(21)16-3/h4-5H,1-3H3,(H,14,19)(H,15,20)(H,16,21)(H,17,18). The fourth-order valence-corrected chi connectivity index (χ4v) is 1.40. The number of carboxylic acids is 1. The number of carboxylic acid groups (broad SMARTS) is 1. The molecular formula is C13H15N3O8. The van der Waals surface area contributed by atoms with Gasteiger partial charge in [0.2, 0.25) is 5.75 Å². The Morgan fingerprint density at radius 2 is 1.17 bits per heavy atom. The summed E-state index contributed by atoms with van der Waals surface area (Å²) < 4.78 is 14.6. The third kappa shape index (κ3) is 4.76. The molecule has 11 heteroatoms. The van der Waals surface area contributed by atoms with Gasteiger partial charge in [0.05, 0.1) is 5.56 Å². The number of ether oxygens (including phenoxy) is 3. The summed E-state index contributed by atoms with van der Waals surface area (Å²) in [5, 5.41) is 15.5. The van der Waals surface area contributed by atoms with Gasteiger partial charge in [0.1, 0.15) is 0 Å². The zero-order valence-corrected chi connectivity index (χ0v) is 13.0. The lowest BCUT2D eigenvalue weighted by atomic mass is 10.2. The first-order chi connectivity index (χ1) is 11.3. The van der Waals surface area contributed by atoms with Crippen LogP contribution < -0.4 is 30.2 Å². The second kappa shape index (κ2) is 8.22. The molecule has 1 aromatic carbocycles. The molecule has 0 heterocycles. The van der Waals surface area contributed by atoms with E-state index in [0.29, 0.717) is 0 Å². The van der Waals surface area contributed by atoms with Crippen LogP contribution in [-0.4, -0.2) is 50.5 Å². The molecule has 0 aliphatic rings. The van der Waals surface area contributed by atoms with E-state index in [1.165, 1.54) is 21.1 Å². The number of hydrogen-bond acceptors (Lipinski definition) is 7. The second-order valence-electron chi connectivity index (χ2n) is 4.03. The molecule has 0 radical (unpaired) electrons. The zero-order valence-electron chi connectivity index (χ0n) is 13.0. The first kappa shape index (κ1) is 18.5. The van der Waals surface area contributed by atoms with Gasteiger partial charge >= 0.3 is 24.2 Å². The Morgan fingerprint density at radius 1 is 0.792 bits per heavy atom. The molecule has 0 fully saturated rings. The van der Waals surface area contributed by atoms with Crippen LogP contribution in [0.1, 0.15) is 10.4 Å². The largest absolute Gasteiger partial charge is 0.478 e. The van der Waals surface area contributed by atoms with Crippen LogP contribution in [0.2, 0.25) is 0 Å². The predicted octanol–water partition coefficient (Wildman–Crippen LogP) is 0.539. The normalized spacial score (nSPS) is 9.46. The van der Waals surface area contributed by atoms with E-state index in [-0.39, 0.29) is 5.56 Å². The van der Waals surface area contributed by atoms with Gasteiger partial charge in [-0.15, -0.1) is 0 Å². The molecule has 0 bridgehead atoms. The van der Waals surface area contributed by atoms with E-state index in [0.717, 1.165) is 12.1 Å². The fraction of sp³-hybridized carbons (Fsp3) is 0.231. The molecule has 3 amide bonds. The third-order valence-electron chi connectivity index (χ3n) is 2.48. The van der Waals surface area contributed by atoms with Gasteiger partial charge in [-0.05, 0) is 12.1 Å². The lowest BCUT2D eigenvalue weighted by Gasteiger charge is -2.15. The van der Waals surface area contributed by atoms with Crippen molar-refractivity contribution in [3.8, 4) is 17.2 Å². The molecule has 0 saturated heterocycles. The van der Waals surface area contributed by atoms with E-state index in [1.807, 2.05) is 0 Å². The van der Waals surface area contributed by atoms with Gasteiger partial charge in [-0.2, -0.15) is 0 Å². The van der Waals surface area contributed by atoms with Crippen molar-refractivity contribution >= 4 is 24.2 Å². The van der Waals surface area contributed by atoms with E-state index < -0.39 is 41.5 Å². The number of rotatable bonds is 4. The number of nitrogens with one attached hydrogen (secondary N) is 3. The van der Waals surface area contributed by atoms with Crippen LogP contribution >= 0.6 is 0 Å². The summed E-state index contributed by atoms with van der Waals surface area (Å²) in [5.41, 5.74) is -0.364. The van der Waals surface area contributed by atoms with Crippen LogP contribution in [0.15, 0.2) is 12.1 Å². The summed E-state index contributed by atoms with van der Waals surface area (Å²) in [4.78, 5) is 45.4. The average molecular weight is 341 g/mol. The summed E-state index contributed by atoms with van der Waals surface area (Å²) in [6, 6.07) is 1.87. The third-order valence-corrected chi connectivity index (χ3v) is 2.48. The van der Waals surface area contributed by atoms with Crippen LogP contribution in [0.4, 0.5) is 14.4 Å². The highest BCUT2D eigenvalue weighted by Gasteiger charge is 2.23. The van der Waals surface area contributed by atoms with Crippen LogP contribution in [-0.2, 0) is 0 Å². The Morgan fingerprint density at radius 3 is 1.50 bits per heavy atom. The van der Waals surface area contributed by atoms with Gasteiger partial charge in [0, 0.05) is 21.1 Å². The molecular weight excluding hydrogens is 326 g/mol. The number of aromatic carboxylic acids is 1. The molecule has 130 valence electrons. The Hall–Kier alpha value is -3.50. The number of carbonyl (C=O) groups is 4. The van der Waals surface area contributed by atoms with Crippen molar-refractivity contribution in [3.63, 3.8) is 0 Å². The minimum Gasteiger partial charge on any atom is -0.478 e. The Balaban J connectivity index is 3.48. The highest BCUT2D eigenvalue weighted by molar-refractivity contribution is 5.91. The SMILES string of the molecule is CNC(=O)Oc1cc(C(=O)O)cc(OC(=O)NC)c1OC(=O)NC. The molecule has 11 nitrogen and oxygen atoms in total. The maximum absolute atomic E-state index is 11.5. The molecule has 1 aromatic rings. The van der Waals surface area contributed by atoms with Gasteiger partial charge in [-0.25, -0.2) is 19.2 Å². The van der Waals surface area contributed by atoms with E-state index in [2.05, 4.69) is 16.0 Å². The van der Waals surface area contributed by atoms with Gasteiger partial charge in [-0.1, -0.05) is 0 Å². The molecule has 0 atom stereocenters. The first-order valence-corrected chi connectivity index (χ1v) is 6.42. The maximum Gasteiger partial charge on any atom is 0.412 e. The molecule has 24 heavy (non-hydrogen) atoms. The monoisotopic (exact) mass is 341 g/mol. The molecule has 0 unspecified atom stereocenters. The number of carbonyl (C=O) groups excluding carboxylic acids is 3. The van der Waals surface area contributed by atoms with E-state index in [9.17, 15) is 19.2 Å². The molecule has 4 N–H and O–H groups in total. The molecule has 0 saturated carbocycles. The van der Waals surface area contributed by atoms with Crippen molar-refractivity contribution in [1.82, 2.24) is 16.0 Å². The highest BCUT2D eigenvalue weighted by Crippen LogP contribution is 2.39. The van der Waals surface area contributed by atoms with Gasteiger partial charge in [0.25, 0.3) is 0 Å². The van der Waals surface area contributed by atoms with Crippen molar-refractivity contribution in [2.45, 2.75) is 0 Å². The molecule has 1 rings (SSSR count). The number of hydrogen-bond donors (Lipinski definition) is 4. The topological polar surface area (TPSA) is 152 Å². The van der Waals surface area contributed by atoms with Crippen LogP contribution in [0.3, 0.4) is 0 Å². The van der Waals surface area contributed by atoms with Gasteiger partial charge < -0.3 is 35.3 Å². The van der Waals surface area contributed by atoms with Crippen LogP contribution in [0.5, 0.6) is 17.2 Å². The van der Waals surface area contributed by atoms with Gasteiger partial charge in [0.15, 0.2) is 11.5 Å². The van der Waals surface area contributed by atoms with Crippen molar-refractivity contribution in [2.24, 2.45) is 0 Å². The molecule has 0 spiro atoms. The first-order valence-electron chi connectivity index (χ1n) is 6.42. The summed E-state index contributed by atoms with van der Waals surface area (Å²) >= 11 is 0. The quantitative estimate of drug-likeness (QED) is 0.619. The fourth-order valence-electron chi connectivity index (χ4n) is 1.40. The van der Waals surface area contributed by atoms with Crippen LogP contribution in [0.25, 0.3) is 0 Å². The van der Waals surface area contributed by atoms with Crippen molar-refractivity contribution in [3.05, 3.63) is 17.7 Å². The van der Waals surface area contributed by atoms with E-state index in [1.54, 1.807) is 0 Å². The second-order valence-corrected chi connectivity index (χ2v) is 4.03. The summed E-state index contributed by atoms with van der Waals surface area (Å²) in [6.07, 6.45) is -2.86. The van der Waals surface area contributed by atoms with Crippen LogP contribution in [0, 0.1) is 0 Å². The Kier molecular flexibility index (Phi) is 6.35. The number of benzene rings is 1. The van der Waals surface area contributed by atoms with Crippen molar-refractivity contribution in [1.29, 1.82) is 0 Å². The summed E-state index contributed by atoms with van der Waals surface area (Å²) in [5.74, 6) is -2.70. The molecule has 0 aliphatic heterocycles. The minimum atomic E-state index is -1.38. The Bertz CT molecular complexity index is 634. The summed E-state index contributed by atoms with van der Waals surface area (Å²) in [7, 11) is 3.81. The van der Waals surface area contributed by atoms with Gasteiger partial charge in [-0.3, -0.25) is 0 Å². The Labute approximate surface area is 135 Å². The summed E-state index contributed by atoms with van der Waals surface area (Å²) in [6.45, 7) is 0. The lowest BCUT2D eigenvalue weighted by molar-refractivity contribution is 0.0695. The van der Waals surface area contributed by atoms with E-state index in [4.69, 9.17) is 19.3 Å². The average Bonchev–Trinajstić information content (AvgIpc) is 2.56. The van der Waals surface area contributed by atoms with Crippen molar-refractivity contribution < 1.29 is 38.5 Å². The predicted molar refractivity (Wildman–Crippen MR) is 78.7 cm³/mol. The lowest BCUT2D eigenvalue weighted by Crippen LogP contribution is -2.26. The maximum atomic E-state index is 11.5. The van der Waals surface area contributed by atoms with Crippen molar-refractivity contribution in [2.75, 3.05) is 21.1 Å². The molecule has 0 aromatic heterocycles. The molecule has 0 aliphatic carbocycles. The van der Waals surface area contributed by atoms with E-state index >= 15 is 0 Å². The zero-order chi connectivity index (χ0) is 18.3. The minimum absolute atomic E-state index is 0.364. The smallest absolute Gasteiger partial charge is 0.412 e. The number of amides is 3. The highest BCUT2D eigenvalue weighted by atomic mass is 16.6.